The number of piperidine rings is 1. The van der Waals surface area contributed by atoms with Crippen LogP contribution in [0.2, 0.25) is 0 Å². The molecule has 2 aliphatic rings. The lowest BCUT2D eigenvalue weighted by atomic mass is 9.80. The molecule has 1 saturated heterocycles. The summed E-state index contributed by atoms with van der Waals surface area (Å²) in [5, 5.41) is 2.82. The topological polar surface area (TPSA) is 88.6 Å². The summed E-state index contributed by atoms with van der Waals surface area (Å²) in [6.07, 6.45) is -0.544. The first kappa shape index (κ1) is 27.6. The Morgan fingerprint density at radius 1 is 1.00 bits per heavy atom. The number of nitrogens with zero attached hydrogens (tertiary/aromatic N) is 2. The molecule has 38 heavy (non-hydrogen) atoms. The number of carbonyl (C=O) groups excluding carboxylic acids is 3. The van der Waals surface area contributed by atoms with Crippen LogP contribution in [0.5, 0.6) is 0 Å². The summed E-state index contributed by atoms with van der Waals surface area (Å²) in [6.45, 7) is 3.08. The average molecular weight is 532 g/mol. The van der Waals surface area contributed by atoms with Crippen molar-refractivity contribution in [1.82, 2.24) is 9.88 Å². The number of ether oxygens (including phenoxy) is 1. The summed E-state index contributed by atoms with van der Waals surface area (Å²) in [7, 11) is 0. The van der Waals surface area contributed by atoms with Gasteiger partial charge >= 0.3 is 12.1 Å². The quantitative estimate of drug-likeness (QED) is 0.492. The summed E-state index contributed by atoms with van der Waals surface area (Å²) in [5.74, 6) is -2.30. The van der Waals surface area contributed by atoms with Crippen LogP contribution >= 0.6 is 0 Å². The third kappa shape index (κ3) is 6.71. The third-order valence-corrected chi connectivity index (χ3v) is 7.49. The maximum atomic E-state index is 12.9. The van der Waals surface area contributed by atoms with E-state index in [1.807, 2.05) is 29.2 Å². The number of likely N-dealkylation sites (tertiary alicyclic amines) is 1. The molecule has 0 unspecified atom stereocenters. The van der Waals surface area contributed by atoms with Gasteiger partial charge in [-0.1, -0.05) is 12.1 Å². The second kappa shape index (κ2) is 12.0. The zero-order valence-electron chi connectivity index (χ0n) is 21.3. The standard InChI is InChI=1S/C28H32F3N3O4/c1-2-38-27(37)24-17-21(11-14-32-24)25(35)33-23-9-5-18(6-10-23)19-12-15-34(16-13-19)26(36)20-3-7-22(8-4-20)28(29,30)31/h5-6,9-11,14,17,19-20,22H,2-4,7-8,12-13,15-16H2,1H3,(H,33,35). The second-order valence-corrected chi connectivity index (χ2v) is 9.92. The van der Waals surface area contributed by atoms with E-state index in [-0.39, 0.29) is 54.4 Å². The lowest BCUT2D eigenvalue weighted by Crippen LogP contribution is -2.43. The van der Waals surface area contributed by atoms with Crippen LogP contribution in [0.3, 0.4) is 0 Å². The van der Waals surface area contributed by atoms with Gasteiger partial charge in [0.05, 0.1) is 12.5 Å². The number of pyridine rings is 1. The first-order valence-electron chi connectivity index (χ1n) is 13.1. The van der Waals surface area contributed by atoms with Crippen LogP contribution in [0.15, 0.2) is 42.6 Å². The van der Waals surface area contributed by atoms with E-state index in [4.69, 9.17) is 4.74 Å². The van der Waals surface area contributed by atoms with E-state index in [2.05, 4.69) is 10.3 Å². The van der Waals surface area contributed by atoms with Gasteiger partial charge < -0.3 is 15.0 Å². The van der Waals surface area contributed by atoms with Crippen molar-refractivity contribution in [2.45, 2.75) is 57.5 Å². The molecule has 0 bridgehead atoms. The molecule has 0 radical (unpaired) electrons. The van der Waals surface area contributed by atoms with Gasteiger partial charge in [-0.05, 0) is 81.2 Å². The summed E-state index contributed by atoms with van der Waals surface area (Å²) in [6, 6.07) is 10.4. The number of hydrogen-bond donors (Lipinski definition) is 1. The number of hydrogen-bond acceptors (Lipinski definition) is 5. The van der Waals surface area contributed by atoms with Gasteiger partial charge in [-0.3, -0.25) is 9.59 Å². The molecule has 1 N–H and O–H groups in total. The van der Waals surface area contributed by atoms with Gasteiger partial charge in [0.1, 0.15) is 5.69 Å². The van der Waals surface area contributed by atoms with Crippen LogP contribution in [0, 0.1) is 11.8 Å². The van der Waals surface area contributed by atoms with E-state index < -0.39 is 18.1 Å². The van der Waals surface area contributed by atoms with Crippen LogP contribution in [-0.4, -0.2) is 53.5 Å². The molecule has 4 rings (SSSR count). The van der Waals surface area contributed by atoms with Crippen molar-refractivity contribution in [3.05, 3.63) is 59.4 Å². The highest BCUT2D eigenvalue weighted by Gasteiger charge is 2.43. The van der Waals surface area contributed by atoms with Crippen LogP contribution < -0.4 is 5.32 Å². The van der Waals surface area contributed by atoms with E-state index >= 15 is 0 Å². The van der Waals surface area contributed by atoms with E-state index in [0.29, 0.717) is 31.6 Å². The number of aromatic nitrogens is 1. The molecule has 204 valence electrons. The predicted octanol–water partition coefficient (Wildman–Crippen LogP) is 5.59. The van der Waals surface area contributed by atoms with Crippen LogP contribution in [-0.2, 0) is 9.53 Å². The monoisotopic (exact) mass is 531 g/mol. The van der Waals surface area contributed by atoms with Crippen molar-refractivity contribution in [3.63, 3.8) is 0 Å². The first-order valence-corrected chi connectivity index (χ1v) is 13.1. The summed E-state index contributed by atoms with van der Waals surface area (Å²) in [4.78, 5) is 43.2. The summed E-state index contributed by atoms with van der Waals surface area (Å²) < 4.78 is 43.7. The number of carbonyl (C=O) groups is 3. The van der Waals surface area contributed by atoms with Crippen molar-refractivity contribution >= 4 is 23.5 Å². The largest absolute Gasteiger partial charge is 0.461 e. The summed E-state index contributed by atoms with van der Waals surface area (Å²) in [5.41, 5.74) is 2.06. The van der Waals surface area contributed by atoms with Crippen LogP contribution in [0.4, 0.5) is 18.9 Å². The van der Waals surface area contributed by atoms with Crippen molar-refractivity contribution < 1.29 is 32.3 Å². The number of benzene rings is 1. The molecule has 2 amide bonds. The Kier molecular flexibility index (Phi) is 8.69. The first-order chi connectivity index (χ1) is 18.2. The smallest absolute Gasteiger partial charge is 0.391 e. The number of nitrogens with one attached hydrogen (secondary N) is 1. The van der Waals surface area contributed by atoms with Gasteiger partial charge in [-0.2, -0.15) is 13.2 Å². The zero-order valence-corrected chi connectivity index (χ0v) is 21.3. The number of rotatable bonds is 6. The minimum Gasteiger partial charge on any atom is -0.461 e. The van der Waals surface area contributed by atoms with E-state index in [0.717, 1.165) is 18.4 Å². The minimum atomic E-state index is -4.17. The van der Waals surface area contributed by atoms with E-state index in [1.54, 1.807) is 6.92 Å². The second-order valence-electron chi connectivity index (χ2n) is 9.92. The Hall–Kier alpha value is -3.43. The number of anilines is 1. The maximum Gasteiger partial charge on any atom is 0.391 e. The number of amides is 2. The molecule has 0 atom stereocenters. The van der Waals surface area contributed by atoms with Gasteiger partial charge in [-0.15, -0.1) is 0 Å². The van der Waals surface area contributed by atoms with E-state index in [1.165, 1.54) is 18.3 Å². The SMILES string of the molecule is CCOC(=O)c1cc(C(=O)Nc2ccc(C3CCN(C(=O)C4CCC(C(F)(F)F)CC4)CC3)cc2)ccn1. The van der Waals surface area contributed by atoms with E-state index in [9.17, 15) is 27.6 Å². The highest BCUT2D eigenvalue weighted by Crippen LogP contribution is 2.40. The number of esters is 1. The molecule has 2 aromatic rings. The predicted molar refractivity (Wildman–Crippen MR) is 135 cm³/mol. The van der Waals surface area contributed by atoms with Crippen molar-refractivity contribution in [2.75, 3.05) is 25.0 Å². The normalized spacial score (nSPS) is 20.6. The number of halogens is 3. The fourth-order valence-corrected chi connectivity index (χ4v) is 5.29. The Morgan fingerprint density at radius 3 is 2.26 bits per heavy atom. The van der Waals surface area contributed by atoms with Crippen LogP contribution in [0.1, 0.15) is 77.8 Å². The third-order valence-electron chi connectivity index (χ3n) is 7.49. The minimum absolute atomic E-state index is 0.00985. The fourth-order valence-electron chi connectivity index (χ4n) is 5.29. The summed E-state index contributed by atoms with van der Waals surface area (Å²) >= 11 is 0. The van der Waals surface area contributed by atoms with Gasteiger partial charge in [-0.25, -0.2) is 9.78 Å². The Morgan fingerprint density at radius 2 is 1.66 bits per heavy atom. The van der Waals surface area contributed by atoms with Gasteiger partial charge in [0.2, 0.25) is 5.91 Å². The highest BCUT2D eigenvalue weighted by atomic mass is 19.4. The molecular formula is C28H32F3N3O4. The number of alkyl halides is 3. The van der Waals surface area contributed by atoms with Gasteiger partial charge in [0.15, 0.2) is 0 Å². The lowest BCUT2D eigenvalue weighted by molar-refractivity contribution is -0.185. The maximum absolute atomic E-state index is 12.9. The van der Waals surface area contributed by atoms with Crippen molar-refractivity contribution in [1.29, 1.82) is 0 Å². The molecule has 1 saturated carbocycles. The molecule has 1 aliphatic heterocycles. The molecular weight excluding hydrogens is 499 g/mol. The molecule has 2 fully saturated rings. The molecule has 1 aliphatic carbocycles. The average Bonchev–Trinajstić information content (AvgIpc) is 2.93. The van der Waals surface area contributed by atoms with Gasteiger partial charge in [0.25, 0.3) is 5.91 Å². The van der Waals surface area contributed by atoms with Gasteiger partial charge in [0, 0.05) is 36.5 Å². The van der Waals surface area contributed by atoms with Crippen molar-refractivity contribution in [2.24, 2.45) is 11.8 Å². The molecule has 7 nitrogen and oxygen atoms in total. The molecule has 1 aromatic carbocycles. The van der Waals surface area contributed by atoms with Crippen LogP contribution in [0.25, 0.3) is 0 Å². The molecule has 2 heterocycles. The highest BCUT2D eigenvalue weighted by molar-refractivity contribution is 6.05. The lowest BCUT2D eigenvalue weighted by Gasteiger charge is -2.36. The Balaban J connectivity index is 1.27. The molecule has 10 heteroatoms. The molecule has 1 aromatic heterocycles. The van der Waals surface area contributed by atoms with Crippen molar-refractivity contribution in [3.8, 4) is 0 Å². The zero-order chi connectivity index (χ0) is 27.3. The molecule has 0 spiro atoms. The Bertz CT molecular complexity index is 1140. The fraction of sp³-hybridized carbons (Fsp3) is 0.500. The Labute approximate surface area is 219 Å².